The van der Waals surface area contributed by atoms with E-state index in [0.717, 1.165) is 27.1 Å². The maximum Gasteiger partial charge on any atom is 0.305 e. The molecule has 0 saturated carbocycles. The van der Waals surface area contributed by atoms with Crippen LogP contribution in [0, 0.1) is 0 Å². The molecule has 0 aromatic heterocycles. The van der Waals surface area contributed by atoms with E-state index in [0.29, 0.717) is 19.4 Å². The van der Waals surface area contributed by atoms with Gasteiger partial charge in [-0.2, -0.15) is 0 Å². The smallest absolute Gasteiger partial charge is 0.305 e. The summed E-state index contributed by atoms with van der Waals surface area (Å²) in [4.78, 5) is 24.3. The van der Waals surface area contributed by atoms with Crippen LogP contribution < -0.4 is 0 Å². The van der Waals surface area contributed by atoms with Crippen molar-refractivity contribution in [3.63, 3.8) is 0 Å². The third-order valence-electron chi connectivity index (χ3n) is 4.14. The third kappa shape index (κ3) is 3.30. The molecular weight excluding hydrogens is 300 g/mol. The number of hydrogen-bond donors (Lipinski definition) is 0. The number of esters is 1. The van der Waals surface area contributed by atoms with Crippen molar-refractivity contribution in [3.05, 3.63) is 60.2 Å². The first-order valence-electron chi connectivity index (χ1n) is 8.30. The zero-order chi connectivity index (χ0) is 16.9. The van der Waals surface area contributed by atoms with E-state index in [-0.39, 0.29) is 18.2 Å². The summed E-state index contributed by atoms with van der Waals surface area (Å²) >= 11 is 0. The van der Waals surface area contributed by atoms with E-state index in [9.17, 15) is 9.59 Å². The highest BCUT2D eigenvalue weighted by molar-refractivity contribution is 6.18. The van der Waals surface area contributed by atoms with Crippen LogP contribution in [-0.2, 0) is 9.53 Å². The van der Waals surface area contributed by atoms with Gasteiger partial charge >= 0.3 is 5.97 Å². The summed E-state index contributed by atoms with van der Waals surface area (Å²) in [6.45, 7) is 2.16. The lowest BCUT2D eigenvalue weighted by atomic mass is 9.92. The first-order valence-corrected chi connectivity index (χ1v) is 8.30. The lowest BCUT2D eigenvalue weighted by molar-refractivity contribution is -0.143. The molecule has 0 bridgehead atoms. The van der Waals surface area contributed by atoms with Gasteiger partial charge in [0.15, 0.2) is 5.78 Å². The first-order chi connectivity index (χ1) is 11.7. The Morgan fingerprint density at radius 1 is 0.875 bits per heavy atom. The molecule has 3 nitrogen and oxygen atoms in total. The van der Waals surface area contributed by atoms with Crippen molar-refractivity contribution in [2.45, 2.75) is 26.2 Å². The van der Waals surface area contributed by atoms with Crippen LogP contribution in [0.2, 0.25) is 0 Å². The van der Waals surface area contributed by atoms with Gasteiger partial charge in [-0.25, -0.2) is 0 Å². The van der Waals surface area contributed by atoms with Crippen LogP contribution in [0.5, 0.6) is 0 Å². The number of carbonyl (C=O) groups is 2. The number of Topliss-reactive ketones (excluding diaryl/α,β-unsaturated/α-hetero) is 1. The van der Waals surface area contributed by atoms with E-state index in [1.807, 2.05) is 48.5 Å². The van der Waals surface area contributed by atoms with Crippen molar-refractivity contribution in [1.29, 1.82) is 0 Å². The van der Waals surface area contributed by atoms with E-state index >= 15 is 0 Å². The molecule has 122 valence electrons. The molecule has 0 aliphatic rings. The van der Waals surface area contributed by atoms with E-state index in [2.05, 4.69) is 6.07 Å². The Kier molecular flexibility index (Phi) is 4.90. The monoisotopic (exact) mass is 320 g/mol. The Morgan fingerprint density at radius 2 is 1.46 bits per heavy atom. The minimum atomic E-state index is -0.243. The SMILES string of the molecule is CCOC(=O)CCCC(=O)c1c2ccccc2cc2ccccc12. The fourth-order valence-corrected chi connectivity index (χ4v) is 3.07. The summed E-state index contributed by atoms with van der Waals surface area (Å²) in [6, 6.07) is 18.0. The van der Waals surface area contributed by atoms with E-state index in [1.165, 1.54) is 0 Å². The third-order valence-corrected chi connectivity index (χ3v) is 4.14. The van der Waals surface area contributed by atoms with Gasteiger partial charge in [0, 0.05) is 18.4 Å². The average Bonchev–Trinajstić information content (AvgIpc) is 2.59. The molecule has 0 atom stereocenters. The van der Waals surface area contributed by atoms with Crippen molar-refractivity contribution in [1.82, 2.24) is 0 Å². The quantitative estimate of drug-likeness (QED) is 0.368. The predicted molar refractivity (Wildman–Crippen MR) is 96.3 cm³/mol. The van der Waals surface area contributed by atoms with Gasteiger partial charge in [0.1, 0.15) is 0 Å². The second kappa shape index (κ2) is 7.26. The number of hydrogen-bond acceptors (Lipinski definition) is 3. The van der Waals surface area contributed by atoms with Crippen molar-refractivity contribution >= 4 is 33.3 Å². The minimum absolute atomic E-state index is 0.0762. The number of fused-ring (bicyclic) bond motifs is 2. The molecule has 24 heavy (non-hydrogen) atoms. The molecule has 0 spiro atoms. The zero-order valence-corrected chi connectivity index (χ0v) is 13.7. The van der Waals surface area contributed by atoms with E-state index < -0.39 is 0 Å². The van der Waals surface area contributed by atoms with Gasteiger partial charge in [0.2, 0.25) is 0 Å². The Hall–Kier alpha value is -2.68. The standard InChI is InChI=1S/C21H20O3/c1-2-24-20(23)13-7-12-19(22)21-17-10-5-3-8-15(17)14-16-9-4-6-11-18(16)21/h3-6,8-11,14H,2,7,12-13H2,1H3. The van der Waals surface area contributed by atoms with Gasteiger partial charge in [0.05, 0.1) is 6.61 Å². The van der Waals surface area contributed by atoms with Crippen LogP contribution >= 0.6 is 0 Å². The zero-order valence-electron chi connectivity index (χ0n) is 13.7. The van der Waals surface area contributed by atoms with Gasteiger partial charge in [-0.3, -0.25) is 9.59 Å². The molecule has 0 amide bonds. The first kappa shape index (κ1) is 16.2. The topological polar surface area (TPSA) is 43.4 Å². The Bertz CT molecular complexity index is 842. The summed E-state index contributed by atoms with van der Waals surface area (Å²) < 4.78 is 4.92. The Balaban J connectivity index is 1.94. The molecule has 0 N–H and O–H groups in total. The van der Waals surface area contributed by atoms with Gasteiger partial charge in [-0.1, -0.05) is 48.5 Å². The fourth-order valence-electron chi connectivity index (χ4n) is 3.07. The molecule has 0 aliphatic heterocycles. The van der Waals surface area contributed by atoms with Crippen molar-refractivity contribution in [2.24, 2.45) is 0 Å². The van der Waals surface area contributed by atoms with Crippen LogP contribution in [0.25, 0.3) is 21.5 Å². The van der Waals surface area contributed by atoms with Crippen LogP contribution in [-0.4, -0.2) is 18.4 Å². The second-order valence-electron chi connectivity index (χ2n) is 5.78. The Morgan fingerprint density at radius 3 is 2.04 bits per heavy atom. The minimum Gasteiger partial charge on any atom is -0.466 e. The lowest BCUT2D eigenvalue weighted by Gasteiger charge is -2.10. The van der Waals surface area contributed by atoms with Gasteiger partial charge < -0.3 is 4.74 Å². The average molecular weight is 320 g/mol. The molecule has 3 aromatic rings. The van der Waals surface area contributed by atoms with E-state index in [4.69, 9.17) is 4.74 Å². The van der Waals surface area contributed by atoms with Crippen LogP contribution in [0.1, 0.15) is 36.5 Å². The van der Waals surface area contributed by atoms with Crippen molar-refractivity contribution in [3.8, 4) is 0 Å². The van der Waals surface area contributed by atoms with E-state index in [1.54, 1.807) is 6.92 Å². The molecule has 3 aromatic carbocycles. The number of carbonyl (C=O) groups excluding carboxylic acids is 2. The normalized spacial score (nSPS) is 10.9. The number of benzene rings is 3. The summed E-state index contributed by atoms with van der Waals surface area (Å²) in [5, 5.41) is 4.06. The maximum atomic E-state index is 12.9. The largest absolute Gasteiger partial charge is 0.466 e. The number of ether oxygens (including phenoxy) is 1. The number of ketones is 1. The fraction of sp³-hybridized carbons (Fsp3) is 0.238. The molecule has 0 heterocycles. The van der Waals surface area contributed by atoms with Crippen LogP contribution in [0.15, 0.2) is 54.6 Å². The van der Waals surface area contributed by atoms with Crippen LogP contribution in [0.4, 0.5) is 0 Å². The molecule has 3 heteroatoms. The highest BCUT2D eigenvalue weighted by atomic mass is 16.5. The molecule has 0 unspecified atom stereocenters. The van der Waals surface area contributed by atoms with Gasteiger partial charge in [-0.05, 0) is 41.0 Å². The molecule has 0 fully saturated rings. The van der Waals surface area contributed by atoms with Crippen molar-refractivity contribution < 1.29 is 14.3 Å². The summed E-state index contributed by atoms with van der Waals surface area (Å²) in [5.41, 5.74) is 0.757. The molecular formula is C21H20O3. The summed E-state index contributed by atoms with van der Waals surface area (Å²) in [7, 11) is 0. The van der Waals surface area contributed by atoms with Gasteiger partial charge in [-0.15, -0.1) is 0 Å². The summed E-state index contributed by atoms with van der Waals surface area (Å²) in [5.74, 6) is -0.166. The maximum absolute atomic E-state index is 12.9. The van der Waals surface area contributed by atoms with Crippen molar-refractivity contribution in [2.75, 3.05) is 6.61 Å². The molecule has 0 radical (unpaired) electrons. The lowest BCUT2D eigenvalue weighted by Crippen LogP contribution is -2.06. The Labute approximate surface area is 141 Å². The number of rotatable bonds is 6. The molecule has 0 aliphatic carbocycles. The second-order valence-corrected chi connectivity index (χ2v) is 5.78. The van der Waals surface area contributed by atoms with Crippen LogP contribution in [0.3, 0.4) is 0 Å². The highest BCUT2D eigenvalue weighted by Gasteiger charge is 2.15. The van der Waals surface area contributed by atoms with Gasteiger partial charge in [0.25, 0.3) is 0 Å². The summed E-state index contributed by atoms with van der Waals surface area (Å²) in [6.07, 6.45) is 1.13. The predicted octanol–water partition coefficient (Wildman–Crippen LogP) is 4.91. The molecule has 0 saturated heterocycles. The molecule has 3 rings (SSSR count). The highest BCUT2D eigenvalue weighted by Crippen LogP contribution is 2.29.